The summed E-state index contributed by atoms with van der Waals surface area (Å²) in [7, 11) is -4.08. The number of halogens is 3. The molecule has 3 N–H and O–H groups in total. The molecule has 0 bridgehead atoms. The predicted molar refractivity (Wildman–Crippen MR) is 80.8 cm³/mol. The molecule has 0 saturated heterocycles. The van der Waals surface area contributed by atoms with Gasteiger partial charge in [-0.15, -0.1) is 0 Å². The van der Waals surface area contributed by atoms with Crippen LogP contribution in [0.5, 0.6) is 0 Å². The van der Waals surface area contributed by atoms with E-state index in [0.29, 0.717) is 9.50 Å². The van der Waals surface area contributed by atoms with Crippen molar-refractivity contribution in [3.63, 3.8) is 0 Å². The van der Waals surface area contributed by atoms with Gasteiger partial charge < -0.3 is 5.73 Å². The molecule has 0 aliphatic heterocycles. The first-order chi connectivity index (χ1) is 9.29. The van der Waals surface area contributed by atoms with E-state index in [0.717, 1.165) is 12.1 Å². The number of hydrogen-bond donors (Lipinski definition) is 2. The van der Waals surface area contributed by atoms with Crippen molar-refractivity contribution in [2.24, 2.45) is 0 Å². The van der Waals surface area contributed by atoms with Crippen molar-refractivity contribution >= 4 is 48.9 Å². The van der Waals surface area contributed by atoms with Crippen molar-refractivity contribution in [1.82, 2.24) is 0 Å². The highest BCUT2D eigenvalue weighted by Gasteiger charge is 2.20. The van der Waals surface area contributed by atoms with Gasteiger partial charge in [0.1, 0.15) is 10.7 Å². The SMILES string of the molecule is Nc1ccc(F)c(S(=O)(=O)Nc2ccc(Cl)cc2Br)c1. The lowest BCUT2D eigenvalue weighted by atomic mass is 10.3. The summed E-state index contributed by atoms with van der Waals surface area (Å²) in [6.45, 7) is 0. The monoisotopic (exact) mass is 378 g/mol. The van der Waals surface area contributed by atoms with E-state index in [9.17, 15) is 12.8 Å². The quantitative estimate of drug-likeness (QED) is 0.800. The fraction of sp³-hybridized carbons (Fsp3) is 0. The normalized spacial score (nSPS) is 11.3. The molecule has 0 fully saturated rings. The molecule has 0 aliphatic carbocycles. The maximum atomic E-state index is 13.6. The summed E-state index contributed by atoms with van der Waals surface area (Å²) < 4.78 is 40.6. The van der Waals surface area contributed by atoms with E-state index < -0.39 is 20.7 Å². The Bertz CT molecular complexity index is 768. The van der Waals surface area contributed by atoms with E-state index in [1.165, 1.54) is 24.3 Å². The lowest BCUT2D eigenvalue weighted by Gasteiger charge is -2.11. The molecule has 0 atom stereocenters. The minimum absolute atomic E-state index is 0.155. The molecule has 0 spiro atoms. The second kappa shape index (κ2) is 5.59. The number of anilines is 2. The van der Waals surface area contributed by atoms with Crippen molar-refractivity contribution in [3.8, 4) is 0 Å². The second-order valence-corrected chi connectivity index (χ2v) is 6.86. The molecule has 2 aromatic rings. The van der Waals surface area contributed by atoms with Gasteiger partial charge in [-0.1, -0.05) is 11.6 Å². The van der Waals surface area contributed by atoms with Crippen LogP contribution >= 0.6 is 27.5 Å². The van der Waals surface area contributed by atoms with Gasteiger partial charge in [0.05, 0.1) is 5.69 Å². The van der Waals surface area contributed by atoms with Crippen LogP contribution < -0.4 is 10.5 Å². The molecule has 0 heterocycles. The Balaban J connectivity index is 2.43. The fourth-order valence-corrected chi connectivity index (χ4v) is 3.60. The summed E-state index contributed by atoms with van der Waals surface area (Å²) >= 11 is 8.94. The van der Waals surface area contributed by atoms with Crippen LogP contribution in [-0.2, 0) is 10.0 Å². The van der Waals surface area contributed by atoms with Gasteiger partial charge in [-0.25, -0.2) is 12.8 Å². The smallest absolute Gasteiger partial charge is 0.264 e. The molecule has 0 amide bonds. The van der Waals surface area contributed by atoms with Gasteiger partial charge in [-0.2, -0.15) is 0 Å². The number of nitrogens with two attached hydrogens (primary N) is 1. The van der Waals surface area contributed by atoms with Crippen LogP contribution in [0.2, 0.25) is 5.02 Å². The van der Waals surface area contributed by atoms with Gasteiger partial charge >= 0.3 is 0 Å². The Hall–Kier alpha value is -1.31. The van der Waals surface area contributed by atoms with Gasteiger partial charge in [0.15, 0.2) is 0 Å². The fourth-order valence-electron chi connectivity index (χ4n) is 1.50. The second-order valence-electron chi connectivity index (χ2n) is 3.92. The van der Waals surface area contributed by atoms with Crippen LogP contribution in [0.25, 0.3) is 0 Å². The Morgan fingerprint density at radius 3 is 2.55 bits per heavy atom. The lowest BCUT2D eigenvalue weighted by molar-refractivity contribution is 0.570. The average molecular weight is 380 g/mol. The van der Waals surface area contributed by atoms with Crippen molar-refractivity contribution in [2.45, 2.75) is 4.90 Å². The summed E-state index contributed by atoms with van der Waals surface area (Å²) in [5.74, 6) is -0.878. The van der Waals surface area contributed by atoms with Gasteiger partial charge in [-0.3, -0.25) is 4.72 Å². The molecule has 0 aliphatic rings. The van der Waals surface area contributed by atoms with Crippen molar-refractivity contribution < 1.29 is 12.8 Å². The summed E-state index contributed by atoms with van der Waals surface area (Å²) in [6, 6.07) is 7.85. The zero-order chi connectivity index (χ0) is 14.9. The third-order valence-corrected chi connectivity index (χ3v) is 4.69. The molecule has 4 nitrogen and oxygen atoms in total. The molecule has 20 heavy (non-hydrogen) atoms. The first-order valence-corrected chi connectivity index (χ1v) is 7.98. The minimum atomic E-state index is -4.08. The lowest BCUT2D eigenvalue weighted by Crippen LogP contribution is -2.15. The van der Waals surface area contributed by atoms with Crippen molar-refractivity contribution in [2.75, 3.05) is 10.5 Å². The Morgan fingerprint density at radius 1 is 1.20 bits per heavy atom. The Kier molecular flexibility index (Phi) is 4.22. The summed E-state index contributed by atoms with van der Waals surface area (Å²) in [6.07, 6.45) is 0. The number of nitrogens with one attached hydrogen (secondary N) is 1. The molecular weight excluding hydrogens is 371 g/mol. The highest BCUT2D eigenvalue weighted by atomic mass is 79.9. The molecular formula is C12H9BrClFN2O2S. The predicted octanol–water partition coefficient (Wildman–Crippen LogP) is 3.62. The summed E-state index contributed by atoms with van der Waals surface area (Å²) in [4.78, 5) is -0.514. The van der Waals surface area contributed by atoms with E-state index in [-0.39, 0.29) is 11.4 Å². The van der Waals surface area contributed by atoms with Crippen LogP contribution in [0.1, 0.15) is 0 Å². The Morgan fingerprint density at radius 2 is 1.90 bits per heavy atom. The van der Waals surface area contributed by atoms with Crippen LogP contribution in [0.4, 0.5) is 15.8 Å². The Labute approximate surface area is 128 Å². The summed E-state index contributed by atoms with van der Waals surface area (Å²) in [5, 5.41) is 0.440. The van der Waals surface area contributed by atoms with Gasteiger partial charge in [-0.05, 0) is 52.3 Å². The topological polar surface area (TPSA) is 72.2 Å². The highest BCUT2D eigenvalue weighted by molar-refractivity contribution is 9.10. The number of rotatable bonds is 3. The van der Waals surface area contributed by atoms with E-state index in [2.05, 4.69) is 20.7 Å². The molecule has 2 rings (SSSR count). The molecule has 0 radical (unpaired) electrons. The molecule has 0 saturated carbocycles. The number of sulfonamides is 1. The minimum Gasteiger partial charge on any atom is -0.399 e. The number of nitrogen functional groups attached to an aromatic ring is 1. The van der Waals surface area contributed by atoms with Crippen molar-refractivity contribution in [1.29, 1.82) is 0 Å². The third-order valence-electron chi connectivity index (χ3n) is 2.42. The van der Waals surface area contributed by atoms with Crippen LogP contribution in [0.3, 0.4) is 0 Å². The van der Waals surface area contributed by atoms with E-state index in [1.54, 1.807) is 0 Å². The van der Waals surface area contributed by atoms with Crippen LogP contribution in [0, 0.1) is 5.82 Å². The molecule has 0 unspecified atom stereocenters. The first-order valence-electron chi connectivity index (χ1n) is 5.32. The maximum Gasteiger partial charge on any atom is 0.264 e. The van der Waals surface area contributed by atoms with E-state index >= 15 is 0 Å². The maximum absolute atomic E-state index is 13.6. The number of benzene rings is 2. The summed E-state index contributed by atoms with van der Waals surface area (Å²) in [5.41, 5.74) is 5.88. The molecule has 2 aromatic carbocycles. The highest BCUT2D eigenvalue weighted by Crippen LogP contribution is 2.28. The zero-order valence-corrected chi connectivity index (χ0v) is 13.1. The molecule has 8 heteroatoms. The van der Waals surface area contributed by atoms with Crippen LogP contribution in [-0.4, -0.2) is 8.42 Å². The van der Waals surface area contributed by atoms with E-state index in [4.69, 9.17) is 17.3 Å². The van der Waals surface area contributed by atoms with E-state index in [1.807, 2.05) is 0 Å². The largest absolute Gasteiger partial charge is 0.399 e. The molecule has 106 valence electrons. The number of hydrogen-bond acceptors (Lipinski definition) is 3. The van der Waals surface area contributed by atoms with Gasteiger partial charge in [0.25, 0.3) is 10.0 Å². The van der Waals surface area contributed by atoms with Crippen molar-refractivity contribution in [3.05, 3.63) is 51.7 Å². The average Bonchev–Trinajstić information content (AvgIpc) is 2.35. The van der Waals surface area contributed by atoms with Gasteiger partial charge in [0.2, 0.25) is 0 Å². The molecule has 0 aromatic heterocycles. The zero-order valence-electron chi connectivity index (χ0n) is 9.90. The third kappa shape index (κ3) is 3.23. The first kappa shape index (κ1) is 15.1. The van der Waals surface area contributed by atoms with Crippen LogP contribution in [0.15, 0.2) is 45.8 Å². The van der Waals surface area contributed by atoms with Gasteiger partial charge in [0, 0.05) is 15.2 Å². The standard InChI is InChI=1S/C12H9BrClFN2O2S/c13-9-5-7(14)1-4-11(9)17-20(18,19)12-6-8(16)2-3-10(12)15/h1-6,17H,16H2.